The molecule has 2 aromatic heterocycles. The zero-order chi connectivity index (χ0) is 13.1. The normalized spacial score (nSPS) is 18.2. The van der Waals surface area contributed by atoms with Crippen LogP contribution in [0.25, 0.3) is 11.0 Å². The zero-order valence-electron chi connectivity index (χ0n) is 11.2. The second kappa shape index (κ2) is 5.72. The van der Waals surface area contributed by atoms with Crippen LogP contribution in [0.4, 0.5) is 0 Å². The van der Waals surface area contributed by atoms with Gasteiger partial charge in [-0.3, -0.25) is 0 Å². The summed E-state index contributed by atoms with van der Waals surface area (Å²) < 4.78 is 0. The number of aromatic amines is 1. The SMILES string of the molecule is OCCCN1CCC(c2c[nH]c3ncccc23)CC1. The minimum atomic E-state index is 0.300. The van der Waals surface area contributed by atoms with Crippen molar-refractivity contribution < 1.29 is 5.11 Å². The number of likely N-dealkylation sites (tertiary alicyclic amines) is 1. The Morgan fingerprint density at radius 2 is 2.21 bits per heavy atom. The average molecular weight is 259 g/mol. The van der Waals surface area contributed by atoms with E-state index in [1.807, 2.05) is 12.3 Å². The van der Waals surface area contributed by atoms with Gasteiger partial charge in [-0.05, 0) is 56.0 Å². The fourth-order valence-corrected chi connectivity index (χ4v) is 3.08. The van der Waals surface area contributed by atoms with Crippen LogP contribution in [0.2, 0.25) is 0 Å². The molecule has 1 aliphatic rings. The first-order valence-electron chi connectivity index (χ1n) is 7.13. The minimum Gasteiger partial charge on any atom is -0.396 e. The zero-order valence-corrected chi connectivity index (χ0v) is 11.2. The molecule has 0 amide bonds. The molecule has 0 bridgehead atoms. The summed E-state index contributed by atoms with van der Waals surface area (Å²) in [6.45, 7) is 3.60. The van der Waals surface area contributed by atoms with E-state index in [1.165, 1.54) is 23.8 Å². The van der Waals surface area contributed by atoms with Gasteiger partial charge in [-0.15, -0.1) is 0 Å². The number of aromatic nitrogens is 2. The molecule has 0 aliphatic carbocycles. The molecular formula is C15H21N3O. The largest absolute Gasteiger partial charge is 0.396 e. The summed E-state index contributed by atoms with van der Waals surface area (Å²) in [7, 11) is 0. The summed E-state index contributed by atoms with van der Waals surface area (Å²) in [6.07, 6.45) is 7.26. The van der Waals surface area contributed by atoms with E-state index < -0.39 is 0 Å². The molecule has 102 valence electrons. The minimum absolute atomic E-state index is 0.300. The maximum absolute atomic E-state index is 8.88. The Bertz CT molecular complexity index is 529. The molecule has 0 radical (unpaired) electrons. The van der Waals surface area contributed by atoms with E-state index in [-0.39, 0.29) is 0 Å². The van der Waals surface area contributed by atoms with Gasteiger partial charge in [0.25, 0.3) is 0 Å². The highest BCUT2D eigenvalue weighted by Crippen LogP contribution is 2.32. The van der Waals surface area contributed by atoms with Crippen molar-refractivity contribution >= 4 is 11.0 Å². The van der Waals surface area contributed by atoms with Gasteiger partial charge in [0, 0.05) is 30.9 Å². The number of piperidine rings is 1. The summed E-state index contributed by atoms with van der Waals surface area (Å²) in [4.78, 5) is 10.1. The average Bonchev–Trinajstić information content (AvgIpc) is 2.90. The van der Waals surface area contributed by atoms with Crippen LogP contribution < -0.4 is 0 Å². The summed E-state index contributed by atoms with van der Waals surface area (Å²) in [5.41, 5.74) is 2.42. The fourth-order valence-electron chi connectivity index (χ4n) is 3.08. The molecule has 1 fully saturated rings. The van der Waals surface area contributed by atoms with E-state index in [0.717, 1.165) is 31.7 Å². The van der Waals surface area contributed by atoms with E-state index in [0.29, 0.717) is 12.5 Å². The highest BCUT2D eigenvalue weighted by atomic mass is 16.3. The van der Waals surface area contributed by atoms with Crippen molar-refractivity contribution in [2.75, 3.05) is 26.2 Å². The number of rotatable bonds is 4. The Kier molecular flexibility index (Phi) is 3.80. The smallest absolute Gasteiger partial charge is 0.137 e. The van der Waals surface area contributed by atoms with Crippen molar-refractivity contribution in [3.63, 3.8) is 0 Å². The number of fused-ring (bicyclic) bond motifs is 1. The topological polar surface area (TPSA) is 52.1 Å². The molecule has 4 nitrogen and oxygen atoms in total. The maximum Gasteiger partial charge on any atom is 0.137 e. The standard InChI is InChI=1S/C15H21N3O/c19-10-2-7-18-8-4-12(5-9-18)14-11-17-15-13(14)3-1-6-16-15/h1,3,6,11-12,19H,2,4-5,7-10H2,(H,16,17). The van der Waals surface area contributed by atoms with Crippen LogP contribution in [0.1, 0.15) is 30.7 Å². The van der Waals surface area contributed by atoms with E-state index in [2.05, 4.69) is 27.1 Å². The van der Waals surface area contributed by atoms with Gasteiger partial charge in [-0.2, -0.15) is 0 Å². The van der Waals surface area contributed by atoms with E-state index in [1.54, 1.807) is 0 Å². The second-order valence-corrected chi connectivity index (χ2v) is 5.34. The van der Waals surface area contributed by atoms with Gasteiger partial charge in [-0.25, -0.2) is 4.98 Å². The Morgan fingerprint density at radius 3 is 3.00 bits per heavy atom. The van der Waals surface area contributed by atoms with Crippen LogP contribution in [-0.2, 0) is 0 Å². The van der Waals surface area contributed by atoms with Crippen molar-refractivity contribution in [3.05, 3.63) is 30.1 Å². The van der Waals surface area contributed by atoms with Gasteiger partial charge in [0.15, 0.2) is 0 Å². The lowest BCUT2D eigenvalue weighted by molar-refractivity contribution is 0.188. The van der Waals surface area contributed by atoms with Crippen LogP contribution in [0, 0.1) is 0 Å². The molecule has 1 aliphatic heterocycles. The van der Waals surface area contributed by atoms with Crippen molar-refractivity contribution in [3.8, 4) is 0 Å². The Balaban J connectivity index is 1.68. The summed E-state index contributed by atoms with van der Waals surface area (Å²) >= 11 is 0. The van der Waals surface area contributed by atoms with Gasteiger partial charge >= 0.3 is 0 Å². The number of H-pyrrole nitrogens is 1. The van der Waals surface area contributed by atoms with Gasteiger partial charge in [0.2, 0.25) is 0 Å². The van der Waals surface area contributed by atoms with Crippen molar-refractivity contribution in [2.24, 2.45) is 0 Å². The number of nitrogens with zero attached hydrogens (tertiary/aromatic N) is 2. The third-order valence-electron chi connectivity index (χ3n) is 4.14. The molecule has 3 heterocycles. The predicted molar refractivity (Wildman–Crippen MR) is 76.2 cm³/mol. The molecular weight excluding hydrogens is 238 g/mol. The summed E-state index contributed by atoms with van der Waals surface area (Å²) in [5, 5.41) is 10.2. The molecule has 0 aromatic carbocycles. The third-order valence-corrected chi connectivity index (χ3v) is 4.14. The molecule has 1 saturated heterocycles. The number of aliphatic hydroxyl groups excluding tert-OH is 1. The molecule has 2 N–H and O–H groups in total. The first-order chi connectivity index (χ1) is 9.38. The molecule has 4 heteroatoms. The van der Waals surface area contributed by atoms with Gasteiger partial charge < -0.3 is 15.0 Å². The van der Waals surface area contributed by atoms with Gasteiger partial charge in [0.05, 0.1) is 0 Å². The molecule has 2 aromatic rings. The molecule has 0 unspecified atom stereocenters. The number of pyridine rings is 1. The highest BCUT2D eigenvalue weighted by Gasteiger charge is 2.22. The Morgan fingerprint density at radius 1 is 1.37 bits per heavy atom. The van der Waals surface area contributed by atoms with Crippen molar-refractivity contribution in [1.82, 2.24) is 14.9 Å². The summed E-state index contributed by atoms with van der Waals surface area (Å²) in [5.74, 6) is 0.642. The van der Waals surface area contributed by atoms with Crippen LogP contribution >= 0.6 is 0 Å². The monoisotopic (exact) mass is 259 g/mol. The first-order valence-corrected chi connectivity index (χ1v) is 7.13. The third kappa shape index (κ3) is 2.65. The van der Waals surface area contributed by atoms with E-state index in [9.17, 15) is 0 Å². The molecule has 0 atom stereocenters. The van der Waals surface area contributed by atoms with Crippen molar-refractivity contribution in [1.29, 1.82) is 0 Å². The molecule has 3 rings (SSSR count). The molecule has 0 spiro atoms. The first kappa shape index (κ1) is 12.6. The van der Waals surface area contributed by atoms with Gasteiger partial charge in [0.1, 0.15) is 5.65 Å². The van der Waals surface area contributed by atoms with Crippen molar-refractivity contribution in [2.45, 2.75) is 25.2 Å². The highest BCUT2D eigenvalue weighted by molar-refractivity contribution is 5.80. The number of hydrogen-bond donors (Lipinski definition) is 2. The fraction of sp³-hybridized carbons (Fsp3) is 0.533. The number of hydrogen-bond acceptors (Lipinski definition) is 3. The molecule has 0 saturated carbocycles. The van der Waals surface area contributed by atoms with Crippen LogP contribution in [0.15, 0.2) is 24.5 Å². The molecule has 19 heavy (non-hydrogen) atoms. The Labute approximate surface area is 113 Å². The van der Waals surface area contributed by atoms with Gasteiger partial charge in [-0.1, -0.05) is 0 Å². The van der Waals surface area contributed by atoms with Crippen LogP contribution in [0.5, 0.6) is 0 Å². The second-order valence-electron chi connectivity index (χ2n) is 5.34. The van der Waals surface area contributed by atoms with E-state index >= 15 is 0 Å². The maximum atomic E-state index is 8.88. The lowest BCUT2D eigenvalue weighted by atomic mass is 9.89. The lowest BCUT2D eigenvalue weighted by Gasteiger charge is -2.31. The van der Waals surface area contributed by atoms with E-state index in [4.69, 9.17) is 5.11 Å². The van der Waals surface area contributed by atoms with Crippen LogP contribution in [-0.4, -0.2) is 46.2 Å². The Hall–Kier alpha value is -1.39. The summed E-state index contributed by atoms with van der Waals surface area (Å²) in [6, 6.07) is 4.17. The predicted octanol–water partition coefficient (Wildman–Crippen LogP) is 2.12. The quantitative estimate of drug-likeness (QED) is 0.884. The number of aliphatic hydroxyl groups is 1. The lowest BCUT2D eigenvalue weighted by Crippen LogP contribution is -2.33. The van der Waals surface area contributed by atoms with Crippen LogP contribution in [0.3, 0.4) is 0 Å². The number of nitrogens with one attached hydrogen (secondary N) is 1.